The van der Waals surface area contributed by atoms with Gasteiger partial charge in [-0.25, -0.2) is 19.2 Å². The van der Waals surface area contributed by atoms with E-state index >= 15 is 0 Å². The third-order valence-electron chi connectivity index (χ3n) is 2.58. The van der Waals surface area contributed by atoms with E-state index < -0.39 is 17.3 Å². The SMILES string of the molecule is CCCC(C)(Nc1ncnc(C)c1F)C(=O)O. The van der Waals surface area contributed by atoms with E-state index in [2.05, 4.69) is 15.3 Å². The molecule has 0 aliphatic rings. The zero-order valence-electron chi connectivity index (χ0n) is 10.1. The summed E-state index contributed by atoms with van der Waals surface area (Å²) in [5, 5.41) is 11.8. The highest BCUT2D eigenvalue weighted by Crippen LogP contribution is 2.21. The van der Waals surface area contributed by atoms with Gasteiger partial charge in [0.1, 0.15) is 11.9 Å². The molecule has 0 amide bonds. The summed E-state index contributed by atoms with van der Waals surface area (Å²) in [6, 6.07) is 0. The van der Waals surface area contributed by atoms with Crippen LogP contribution in [0, 0.1) is 12.7 Å². The highest BCUT2D eigenvalue weighted by Gasteiger charge is 2.33. The van der Waals surface area contributed by atoms with Crippen LogP contribution in [-0.2, 0) is 4.79 Å². The van der Waals surface area contributed by atoms with Crippen molar-refractivity contribution in [3.05, 3.63) is 17.8 Å². The maximum Gasteiger partial charge on any atom is 0.329 e. The Morgan fingerprint density at radius 1 is 1.59 bits per heavy atom. The number of aryl methyl sites for hydroxylation is 1. The van der Waals surface area contributed by atoms with Crippen LogP contribution in [0.4, 0.5) is 10.2 Å². The van der Waals surface area contributed by atoms with Crippen LogP contribution < -0.4 is 5.32 Å². The van der Waals surface area contributed by atoms with Gasteiger partial charge in [-0.1, -0.05) is 13.3 Å². The van der Waals surface area contributed by atoms with Gasteiger partial charge in [0, 0.05) is 0 Å². The highest BCUT2D eigenvalue weighted by atomic mass is 19.1. The molecule has 1 aromatic heterocycles. The van der Waals surface area contributed by atoms with Crippen molar-refractivity contribution in [2.24, 2.45) is 0 Å². The van der Waals surface area contributed by atoms with Crippen LogP contribution >= 0.6 is 0 Å². The maximum absolute atomic E-state index is 13.7. The molecule has 0 saturated heterocycles. The predicted octanol–water partition coefficient (Wildman–Crippen LogP) is 1.98. The van der Waals surface area contributed by atoms with Gasteiger partial charge < -0.3 is 10.4 Å². The molecule has 2 N–H and O–H groups in total. The second-order valence-corrected chi connectivity index (χ2v) is 4.13. The number of nitrogens with zero attached hydrogens (tertiary/aromatic N) is 2. The van der Waals surface area contributed by atoms with Gasteiger partial charge >= 0.3 is 5.97 Å². The number of nitrogens with one attached hydrogen (secondary N) is 1. The number of anilines is 1. The Morgan fingerprint density at radius 2 is 2.24 bits per heavy atom. The number of hydrogen-bond donors (Lipinski definition) is 2. The summed E-state index contributed by atoms with van der Waals surface area (Å²) in [7, 11) is 0. The van der Waals surface area contributed by atoms with Crippen LogP contribution in [0.15, 0.2) is 6.33 Å². The van der Waals surface area contributed by atoms with Gasteiger partial charge in [-0.15, -0.1) is 0 Å². The summed E-state index contributed by atoms with van der Waals surface area (Å²) in [6.07, 6.45) is 2.25. The first-order chi connectivity index (χ1) is 7.90. The van der Waals surface area contributed by atoms with Crippen molar-refractivity contribution in [3.8, 4) is 0 Å². The Labute approximate surface area is 99.1 Å². The van der Waals surface area contributed by atoms with Crippen molar-refractivity contribution in [2.45, 2.75) is 39.2 Å². The predicted molar refractivity (Wildman–Crippen MR) is 61.3 cm³/mol. The maximum atomic E-state index is 13.7. The lowest BCUT2D eigenvalue weighted by atomic mass is 9.96. The van der Waals surface area contributed by atoms with Gasteiger partial charge in [-0.2, -0.15) is 0 Å². The van der Waals surface area contributed by atoms with Gasteiger partial charge in [0.05, 0.1) is 5.69 Å². The van der Waals surface area contributed by atoms with Gasteiger partial charge in [0.2, 0.25) is 0 Å². The topological polar surface area (TPSA) is 75.1 Å². The number of aliphatic carboxylic acids is 1. The van der Waals surface area contributed by atoms with Crippen LogP contribution in [0.3, 0.4) is 0 Å². The molecule has 94 valence electrons. The molecule has 1 unspecified atom stereocenters. The van der Waals surface area contributed by atoms with E-state index in [0.29, 0.717) is 12.8 Å². The standard InChI is InChI=1S/C11H16FN3O2/c1-4-5-11(3,10(16)17)15-9-8(12)7(2)13-6-14-9/h6H,4-5H2,1-3H3,(H,16,17)(H,13,14,15). The molecule has 0 radical (unpaired) electrons. The normalized spacial score (nSPS) is 14.1. The van der Waals surface area contributed by atoms with E-state index in [1.165, 1.54) is 20.2 Å². The Morgan fingerprint density at radius 3 is 2.76 bits per heavy atom. The number of carboxylic acid groups (broad SMARTS) is 1. The van der Waals surface area contributed by atoms with Crippen LogP contribution in [0.2, 0.25) is 0 Å². The number of aromatic nitrogens is 2. The van der Waals surface area contributed by atoms with Crippen molar-refractivity contribution in [1.29, 1.82) is 0 Å². The van der Waals surface area contributed by atoms with Crippen molar-refractivity contribution in [1.82, 2.24) is 9.97 Å². The second-order valence-electron chi connectivity index (χ2n) is 4.13. The molecule has 1 aromatic rings. The molecule has 1 atom stereocenters. The van der Waals surface area contributed by atoms with Crippen LogP contribution in [0.1, 0.15) is 32.4 Å². The Hall–Kier alpha value is -1.72. The first-order valence-electron chi connectivity index (χ1n) is 5.39. The monoisotopic (exact) mass is 241 g/mol. The summed E-state index contributed by atoms with van der Waals surface area (Å²) < 4.78 is 13.7. The molecule has 0 spiro atoms. The molecule has 5 nitrogen and oxygen atoms in total. The fraction of sp³-hybridized carbons (Fsp3) is 0.545. The van der Waals surface area contributed by atoms with E-state index in [1.54, 1.807) is 0 Å². The van der Waals surface area contributed by atoms with Crippen LogP contribution in [0.5, 0.6) is 0 Å². The lowest BCUT2D eigenvalue weighted by Gasteiger charge is -2.26. The van der Waals surface area contributed by atoms with Gasteiger partial charge in [-0.3, -0.25) is 0 Å². The Bertz CT molecular complexity index is 425. The average Bonchev–Trinajstić information content (AvgIpc) is 2.25. The summed E-state index contributed by atoms with van der Waals surface area (Å²) in [6.45, 7) is 4.88. The van der Waals surface area contributed by atoms with Crippen molar-refractivity contribution in [2.75, 3.05) is 5.32 Å². The molecule has 17 heavy (non-hydrogen) atoms. The lowest BCUT2D eigenvalue weighted by Crippen LogP contribution is -2.43. The largest absolute Gasteiger partial charge is 0.480 e. The molecule has 0 fully saturated rings. The van der Waals surface area contributed by atoms with E-state index in [0.717, 1.165) is 0 Å². The van der Waals surface area contributed by atoms with E-state index in [1.807, 2.05) is 6.92 Å². The zero-order chi connectivity index (χ0) is 13.1. The number of rotatable bonds is 5. The molecule has 0 bridgehead atoms. The summed E-state index contributed by atoms with van der Waals surface area (Å²) in [4.78, 5) is 18.6. The fourth-order valence-electron chi connectivity index (χ4n) is 1.53. The molecular formula is C11H16FN3O2. The molecule has 6 heteroatoms. The van der Waals surface area contributed by atoms with Gasteiger partial charge in [0.15, 0.2) is 11.6 Å². The number of carbonyl (C=O) groups is 1. The minimum atomic E-state index is -1.23. The van der Waals surface area contributed by atoms with Crippen molar-refractivity contribution >= 4 is 11.8 Å². The molecule has 0 aliphatic carbocycles. The van der Waals surface area contributed by atoms with Crippen LogP contribution in [-0.4, -0.2) is 26.6 Å². The van der Waals surface area contributed by atoms with E-state index in [4.69, 9.17) is 5.11 Å². The second kappa shape index (κ2) is 5.07. The van der Waals surface area contributed by atoms with Crippen LogP contribution in [0.25, 0.3) is 0 Å². The molecule has 0 aromatic carbocycles. The minimum absolute atomic E-state index is 0.0733. The summed E-state index contributed by atoms with van der Waals surface area (Å²) in [5.74, 6) is -1.72. The van der Waals surface area contributed by atoms with E-state index in [9.17, 15) is 9.18 Å². The zero-order valence-corrected chi connectivity index (χ0v) is 10.1. The third-order valence-corrected chi connectivity index (χ3v) is 2.58. The third kappa shape index (κ3) is 2.89. The molecule has 0 aliphatic heterocycles. The average molecular weight is 241 g/mol. The number of halogens is 1. The lowest BCUT2D eigenvalue weighted by molar-refractivity contribution is -0.142. The van der Waals surface area contributed by atoms with Crippen molar-refractivity contribution < 1.29 is 14.3 Å². The minimum Gasteiger partial charge on any atom is -0.480 e. The van der Waals surface area contributed by atoms with Gasteiger partial charge in [-0.05, 0) is 20.3 Å². The molecule has 0 saturated carbocycles. The fourth-order valence-corrected chi connectivity index (χ4v) is 1.53. The summed E-state index contributed by atoms with van der Waals surface area (Å²) >= 11 is 0. The number of hydrogen-bond acceptors (Lipinski definition) is 4. The first-order valence-corrected chi connectivity index (χ1v) is 5.39. The van der Waals surface area contributed by atoms with E-state index in [-0.39, 0.29) is 11.5 Å². The quantitative estimate of drug-likeness (QED) is 0.824. The Kier molecular flexibility index (Phi) is 3.98. The highest BCUT2D eigenvalue weighted by molar-refractivity contribution is 5.81. The Balaban J connectivity index is 3.02. The van der Waals surface area contributed by atoms with Gasteiger partial charge in [0.25, 0.3) is 0 Å². The summed E-state index contributed by atoms with van der Waals surface area (Å²) in [5.41, 5.74) is -1.04. The first kappa shape index (κ1) is 13.3. The van der Waals surface area contributed by atoms with Crippen molar-refractivity contribution in [3.63, 3.8) is 0 Å². The smallest absolute Gasteiger partial charge is 0.329 e. The number of carboxylic acids is 1. The molecular weight excluding hydrogens is 225 g/mol. The molecule has 1 heterocycles. The molecule has 1 rings (SSSR count).